The van der Waals surface area contributed by atoms with Gasteiger partial charge >= 0.3 is 0 Å². The summed E-state index contributed by atoms with van der Waals surface area (Å²) in [4.78, 5) is 0. The molecule has 1 N–H and O–H groups in total. The summed E-state index contributed by atoms with van der Waals surface area (Å²) >= 11 is 1.58. The van der Waals surface area contributed by atoms with Crippen LogP contribution in [0.25, 0.3) is 0 Å². The molecule has 2 rings (SSSR count). The number of thioether (sulfide) groups is 1. The maximum Gasteiger partial charge on any atom is 0.130 e. The lowest BCUT2D eigenvalue weighted by atomic mass is 10.00. The molecule has 0 saturated heterocycles. The second-order valence-corrected chi connectivity index (χ2v) is 5.26. The lowest BCUT2D eigenvalue weighted by Gasteiger charge is -2.12. The van der Waals surface area contributed by atoms with Gasteiger partial charge in [-0.05, 0) is 18.1 Å². The summed E-state index contributed by atoms with van der Waals surface area (Å²) < 4.78 is 26.4. The SMILES string of the molecule is CC1CC(O)c2cc(F)cc(F)c2CS1. The molecular weight excluding hydrogens is 218 g/mol. The van der Waals surface area contributed by atoms with Crippen molar-refractivity contribution < 1.29 is 13.9 Å². The van der Waals surface area contributed by atoms with E-state index in [-0.39, 0.29) is 5.25 Å². The van der Waals surface area contributed by atoms with Crippen LogP contribution in [0.15, 0.2) is 12.1 Å². The Bertz CT molecular complexity index is 381. The zero-order valence-corrected chi connectivity index (χ0v) is 9.15. The van der Waals surface area contributed by atoms with Crippen LogP contribution in [0.3, 0.4) is 0 Å². The van der Waals surface area contributed by atoms with Crippen LogP contribution in [-0.2, 0) is 5.75 Å². The highest BCUT2D eigenvalue weighted by Crippen LogP contribution is 2.36. The highest BCUT2D eigenvalue weighted by molar-refractivity contribution is 7.99. The Morgan fingerprint density at radius 2 is 2.13 bits per heavy atom. The summed E-state index contributed by atoms with van der Waals surface area (Å²) in [6.07, 6.45) is -0.212. The van der Waals surface area contributed by atoms with Gasteiger partial charge in [0.15, 0.2) is 0 Å². The monoisotopic (exact) mass is 230 g/mol. The maximum atomic E-state index is 13.4. The molecule has 0 aliphatic carbocycles. The maximum absolute atomic E-state index is 13.4. The number of hydrogen-bond acceptors (Lipinski definition) is 2. The summed E-state index contributed by atoms with van der Waals surface area (Å²) in [7, 11) is 0. The summed E-state index contributed by atoms with van der Waals surface area (Å²) in [6.45, 7) is 1.98. The van der Waals surface area contributed by atoms with Gasteiger partial charge in [0.2, 0.25) is 0 Å². The van der Waals surface area contributed by atoms with Crippen LogP contribution in [0, 0.1) is 11.6 Å². The predicted octanol–water partition coefficient (Wildman–Crippen LogP) is 3.02. The van der Waals surface area contributed by atoms with Crippen molar-refractivity contribution in [3.63, 3.8) is 0 Å². The molecule has 0 amide bonds. The van der Waals surface area contributed by atoms with Gasteiger partial charge in [-0.3, -0.25) is 0 Å². The molecule has 1 aromatic carbocycles. The van der Waals surface area contributed by atoms with E-state index in [0.29, 0.717) is 23.3 Å². The van der Waals surface area contributed by atoms with Crippen molar-refractivity contribution in [3.8, 4) is 0 Å². The van der Waals surface area contributed by atoms with E-state index in [2.05, 4.69) is 0 Å². The third-order valence-electron chi connectivity index (χ3n) is 2.62. The lowest BCUT2D eigenvalue weighted by Crippen LogP contribution is -2.05. The van der Waals surface area contributed by atoms with Crippen molar-refractivity contribution in [3.05, 3.63) is 34.9 Å². The van der Waals surface area contributed by atoms with Crippen LogP contribution in [-0.4, -0.2) is 10.4 Å². The largest absolute Gasteiger partial charge is 0.388 e. The van der Waals surface area contributed by atoms with Gasteiger partial charge in [0.1, 0.15) is 11.6 Å². The summed E-state index contributed by atoms with van der Waals surface area (Å²) in [5.41, 5.74) is 0.850. The average molecular weight is 230 g/mol. The van der Waals surface area contributed by atoms with Gasteiger partial charge in [0.25, 0.3) is 0 Å². The molecule has 1 aromatic rings. The van der Waals surface area contributed by atoms with Gasteiger partial charge in [-0.15, -0.1) is 0 Å². The Labute approximate surface area is 91.5 Å². The van der Waals surface area contributed by atoms with E-state index >= 15 is 0 Å². The molecule has 82 valence electrons. The molecule has 15 heavy (non-hydrogen) atoms. The molecule has 4 heteroatoms. The Hall–Kier alpha value is -0.610. The second kappa shape index (κ2) is 4.10. The molecular formula is C11H12F2OS. The van der Waals surface area contributed by atoms with Crippen LogP contribution in [0.2, 0.25) is 0 Å². The number of benzene rings is 1. The van der Waals surface area contributed by atoms with E-state index in [1.807, 2.05) is 6.92 Å². The van der Waals surface area contributed by atoms with E-state index in [0.717, 1.165) is 6.07 Å². The lowest BCUT2D eigenvalue weighted by molar-refractivity contribution is 0.167. The van der Waals surface area contributed by atoms with Gasteiger partial charge in [0, 0.05) is 22.6 Å². The number of rotatable bonds is 0. The Kier molecular flexibility index (Phi) is 2.98. The molecule has 0 aromatic heterocycles. The number of halogens is 2. The van der Waals surface area contributed by atoms with Gasteiger partial charge in [0.05, 0.1) is 6.10 Å². The molecule has 1 nitrogen and oxygen atoms in total. The zero-order chi connectivity index (χ0) is 11.0. The van der Waals surface area contributed by atoms with Gasteiger partial charge < -0.3 is 5.11 Å². The molecule has 1 aliphatic heterocycles. The van der Waals surface area contributed by atoms with Crippen molar-refractivity contribution in [2.75, 3.05) is 0 Å². The van der Waals surface area contributed by atoms with Crippen LogP contribution < -0.4 is 0 Å². The van der Waals surface area contributed by atoms with Crippen LogP contribution in [0.5, 0.6) is 0 Å². The minimum absolute atomic E-state index is 0.259. The van der Waals surface area contributed by atoms with Crippen LogP contribution in [0.1, 0.15) is 30.6 Å². The average Bonchev–Trinajstić information content (AvgIpc) is 2.27. The summed E-state index contributed by atoms with van der Waals surface area (Å²) in [6, 6.07) is 2.11. The molecule has 0 spiro atoms. The van der Waals surface area contributed by atoms with Crippen molar-refractivity contribution in [2.45, 2.75) is 30.5 Å². The first-order valence-electron chi connectivity index (χ1n) is 4.85. The Balaban J connectivity index is 2.48. The molecule has 0 saturated carbocycles. The zero-order valence-electron chi connectivity index (χ0n) is 8.34. The second-order valence-electron chi connectivity index (χ2n) is 3.83. The number of aliphatic hydroxyl groups excluding tert-OH is 1. The van der Waals surface area contributed by atoms with E-state index in [9.17, 15) is 13.9 Å². The molecule has 0 bridgehead atoms. The summed E-state index contributed by atoms with van der Waals surface area (Å²) in [5.74, 6) is -0.671. The Morgan fingerprint density at radius 3 is 2.87 bits per heavy atom. The molecule has 2 unspecified atom stereocenters. The van der Waals surface area contributed by atoms with Gasteiger partial charge in [-0.1, -0.05) is 6.92 Å². The third kappa shape index (κ3) is 2.16. The van der Waals surface area contributed by atoms with E-state index in [1.54, 1.807) is 11.8 Å². The highest BCUT2D eigenvalue weighted by atomic mass is 32.2. The first-order chi connectivity index (χ1) is 7.08. The van der Waals surface area contributed by atoms with Crippen molar-refractivity contribution >= 4 is 11.8 Å². The first-order valence-corrected chi connectivity index (χ1v) is 5.90. The number of aliphatic hydroxyl groups is 1. The fourth-order valence-corrected chi connectivity index (χ4v) is 2.88. The third-order valence-corrected chi connectivity index (χ3v) is 3.84. The van der Waals surface area contributed by atoms with Crippen molar-refractivity contribution in [1.82, 2.24) is 0 Å². The molecule has 2 atom stereocenters. The van der Waals surface area contributed by atoms with Gasteiger partial charge in [-0.25, -0.2) is 8.78 Å². The minimum Gasteiger partial charge on any atom is -0.388 e. The number of hydrogen-bond donors (Lipinski definition) is 1. The van der Waals surface area contributed by atoms with Crippen molar-refractivity contribution in [2.24, 2.45) is 0 Å². The van der Waals surface area contributed by atoms with Crippen LogP contribution in [0.4, 0.5) is 8.78 Å². The van der Waals surface area contributed by atoms with Crippen LogP contribution >= 0.6 is 11.8 Å². The smallest absolute Gasteiger partial charge is 0.130 e. The summed E-state index contributed by atoms with van der Waals surface area (Å²) in [5, 5.41) is 10.1. The van der Waals surface area contributed by atoms with E-state index < -0.39 is 17.7 Å². The number of fused-ring (bicyclic) bond motifs is 1. The fourth-order valence-electron chi connectivity index (χ4n) is 1.81. The standard InChI is InChI=1S/C11H12F2OS/c1-6-2-11(14)8-3-7(12)4-10(13)9(8)5-15-6/h3-4,6,11,14H,2,5H2,1H3. The van der Waals surface area contributed by atoms with Crippen molar-refractivity contribution in [1.29, 1.82) is 0 Å². The minimum atomic E-state index is -0.754. The topological polar surface area (TPSA) is 20.2 Å². The quantitative estimate of drug-likeness (QED) is 0.739. The fraction of sp³-hybridized carbons (Fsp3) is 0.455. The van der Waals surface area contributed by atoms with Gasteiger partial charge in [-0.2, -0.15) is 11.8 Å². The highest BCUT2D eigenvalue weighted by Gasteiger charge is 2.23. The molecule has 0 radical (unpaired) electrons. The Morgan fingerprint density at radius 1 is 1.40 bits per heavy atom. The molecule has 1 aliphatic rings. The molecule has 1 heterocycles. The predicted molar refractivity (Wildman–Crippen MR) is 56.7 cm³/mol. The first kappa shape index (κ1) is 10.9. The van der Waals surface area contributed by atoms with E-state index in [4.69, 9.17) is 0 Å². The normalized spacial score (nSPS) is 25.9. The van der Waals surface area contributed by atoms with E-state index in [1.165, 1.54) is 6.07 Å². The molecule has 0 fully saturated rings.